The number of likely N-dealkylation sites (N-methyl/N-ethyl adjacent to an activating group) is 1. The van der Waals surface area contributed by atoms with Crippen LogP contribution in [0.5, 0.6) is 0 Å². The molecular formula is C17H23N3O. The Morgan fingerprint density at radius 3 is 2.52 bits per heavy atom. The van der Waals surface area contributed by atoms with E-state index in [1.807, 2.05) is 18.2 Å². The fourth-order valence-electron chi connectivity index (χ4n) is 3.45. The van der Waals surface area contributed by atoms with Gasteiger partial charge in [0.15, 0.2) is 6.17 Å². The molecule has 1 aliphatic carbocycles. The highest BCUT2D eigenvalue weighted by atomic mass is 16.2. The van der Waals surface area contributed by atoms with Crippen LogP contribution in [-0.4, -0.2) is 24.8 Å². The minimum atomic E-state index is -0.777. The molecule has 21 heavy (non-hydrogen) atoms. The summed E-state index contributed by atoms with van der Waals surface area (Å²) in [4.78, 5) is 18.6. The van der Waals surface area contributed by atoms with Crippen LogP contribution in [0.15, 0.2) is 29.3 Å². The predicted molar refractivity (Wildman–Crippen MR) is 85.6 cm³/mol. The molecule has 1 aromatic carbocycles. The van der Waals surface area contributed by atoms with E-state index in [9.17, 15) is 4.79 Å². The van der Waals surface area contributed by atoms with Crippen molar-refractivity contribution in [1.29, 1.82) is 0 Å². The molecule has 1 fully saturated rings. The molecule has 112 valence electrons. The van der Waals surface area contributed by atoms with Crippen LogP contribution in [0.2, 0.25) is 0 Å². The van der Waals surface area contributed by atoms with Gasteiger partial charge in [-0.05, 0) is 18.9 Å². The average molecular weight is 285 g/mol. The lowest BCUT2D eigenvalue weighted by atomic mass is 9.89. The highest BCUT2D eigenvalue weighted by molar-refractivity contribution is 6.13. The SMILES string of the molecule is CN1C(=O)[C@@H](N)N=C(C2CCCCCC2)c2ccccc21. The number of hydrogen-bond donors (Lipinski definition) is 1. The number of aliphatic imine (C=N–C) groups is 1. The van der Waals surface area contributed by atoms with Gasteiger partial charge in [0.25, 0.3) is 5.91 Å². The molecule has 1 atom stereocenters. The van der Waals surface area contributed by atoms with Gasteiger partial charge in [-0.3, -0.25) is 9.79 Å². The van der Waals surface area contributed by atoms with E-state index in [1.165, 1.54) is 25.7 Å². The highest BCUT2D eigenvalue weighted by Gasteiger charge is 2.30. The second kappa shape index (κ2) is 5.98. The maximum Gasteiger partial charge on any atom is 0.266 e. The first kappa shape index (κ1) is 14.3. The van der Waals surface area contributed by atoms with Crippen molar-refractivity contribution in [2.45, 2.75) is 44.7 Å². The fraction of sp³-hybridized carbons (Fsp3) is 0.529. The van der Waals surface area contributed by atoms with Gasteiger partial charge in [0, 0.05) is 24.2 Å². The van der Waals surface area contributed by atoms with Crippen molar-refractivity contribution < 1.29 is 4.79 Å². The van der Waals surface area contributed by atoms with E-state index in [4.69, 9.17) is 5.73 Å². The largest absolute Gasteiger partial charge is 0.312 e. The summed E-state index contributed by atoms with van der Waals surface area (Å²) in [6, 6.07) is 8.03. The molecule has 2 N–H and O–H groups in total. The molecule has 0 saturated heterocycles. The topological polar surface area (TPSA) is 58.7 Å². The van der Waals surface area contributed by atoms with Crippen LogP contribution in [0.4, 0.5) is 5.69 Å². The fourth-order valence-corrected chi connectivity index (χ4v) is 3.45. The van der Waals surface area contributed by atoms with Gasteiger partial charge in [-0.15, -0.1) is 0 Å². The van der Waals surface area contributed by atoms with Crippen molar-refractivity contribution >= 4 is 17.3 Å². The summed E-state index contributed by atoms with van der Waals surface area (Å²) >= 11 is 0. The minimum Gasteiger partial charge on any atom is -0.312 e. The molecule has 1 saturated carbocycles. The molecule has 4 nitrogen and oxygen atoms in total. The Morgan fingerprint density at radius 1 is 1.14 bits per heavy atom. The summed E-state index contributed by atoms with van der Waals surface area (Å²) in [6.07, 6.45) is 6.61. The molecule has 1 aliphatic heterocycles. The van der Waals surface area contributed by atoms with Gasteiger partial charge in [-0.25, -0.2) is 0 Å². The first-order chi connectivity index (χ1) is 10.2. The Labute approximate surface area is 126 Å². The van der Waals surface area contributed by atoms with Crippen molar-refractivity contribution in [1.82, 2.24) is 0 Å². The van der Waals surface area contributed by atoms with Crippen LogP contribution in [0, 0.1) is 5.92 Å². The van der Waals surface area contributed by atoms with Gasteiger partial charge in [0.2, 0.25) is 0 Å². The summed E-state index contributed by atoms with van der Waals surface area (Å²) in [5.41, 5.74) is 9.05. The number of para-hydroxylation sites is 1. The molecule has 0 aromatic heterocycles. The molecule has 3 rings (SSSR count). The van der Waals surface area contributed by atoms with E-state index in [0.29, 0.717) is 5.92 Å². The van der Waals surface area contributed by atoms with E-state index < -0.39 is 6.17 Å². The van der Waals surface area contributed by atoms with E-state index in [2.05, 4.69) is 11.1 Å². The first-order valence-corrected chi connectivity index (χ1v) is 7.88. The second-order valence-corrected chi connectivity index (χ2v) is 6.06. The monoisotopic (exact) mass is 285 g/mol. The number of carbonyl (C=O) groups is 1. The van der Waals surface area contributed by atoms with Crippen molar-refractivity contribution in [2.24, 2.45) is 16.6 Å². The maximum atomic E-state index is 12.3. The molecule has 0 radical (unpaired) electrons. The third-order valence-electron chi connectivity index (χ3n) is 4.64. The van der Waals surface area contributed by atoms with Crippen LogP contribution in [0.3, 0.4) is 0 Å². The van der Waals surface area contributed by atoms with E-state index in [-0.39, 0.29) is 5.91 Å². The molecule has 0 bridgehead atoms. The highest BCUT2D eigenvalue weighted by Crippen LogP contribution is 2.32. The van der Waals surface area contributed by atoms with E-state index in [1.54, 1.807) is 11.9 Å². The summed E-state index contributed by atoms with van der Waals surface area (Å²) in [6.45, 7) is 0. The Morgan fingerprint density at radius 2 is 1.81 bits per heavy atom. The third kappa shape index (κ3) is 2.72. The molecule has 1 heterocycles. The van der Waals surface area contributed by atoms with E-state index in [0.717, 1.165) is 29.8 Å². The lowest BCUT2D eigenvalue weighted by Gasteiger charge is -2.21. The maximum absolute atomic E-state index is 12.3. The van der Waals surface area contributed by atoms with Crippen LogP contribution in [0.1, 0.15) is 44.1 Å². The van der Waals surface area contributed by atoms with E-state index >= 15 is 0 Å². The lowest BCUT2D eigenvalue weighted by Crippen LogP contribution is -2.39. The van der Waals surface area contributed by atoms with Gasteiger partial charge < -0.3 is 10.6 Å². The van der Waals surface area contributed by atoms with Gasteiger partial charge in [-0.2, -0.15) is 0 Å². The molecule has 2 aliphatic rings. The lowest BCUT2D eigenvalue weighted by molar-refractivity contribution is -0.119. The van der Waals surface area contributed by atoms with Crippen molar-refractivity contribution in [3.8, 4) is 0 Å². The third-order valence-corrected chi connectivity index (χ3v) is 4.64. The molecule has 4 heteroatoms. The number of carbonyl (C=O) groups excluding carboxylic acids is 1. The zero-order valence-electron chi connectivity index (χ0n) is 12.6. The van der Waals surface area contributed by atoms with Gasteiger partial charge >= 0.3 is 0 Å². The van der Waals surface area contributed by atoms with Crippen molar-refractivity contribution in [3.05, 3.63) is 29.8 Å². The Hall–Kier alpha value is -1.68. The molecular weight excluding hydrogens is 262 g/mol. The quantitative estimate of drug-likeness (QED) is 0.807. The van der Waals surface area contributed by atoms with Crippen LogP contribution in [-0.2, 0) is 4.79 Å². The number of benzene rings is 1. The molecule has 1 aromatic rings. The predicted octanol–water partition coefficient (Wildman–Crippen LogP) is 2.71. The Bertz CT molecular complexity index is 559. The number of nitrogens with zero attached hydrogens (tertiary/aromatic N) is 2. The molecule has 0 unspecified atom stereocenters. The number of nitrogens with two attached hydrogens (primary N) is 1. The van der Waals surface area contributed by atoms with Crippen LogP contribution < -0.4 is 10.6 Å². The average Bonchev–Trinajstić information content (AvgIpc) is 2.83. The van der Waals surface area contributed by atoms with Gasteiger partial charge in [0.05, 0.1) is 5.69 Å². The van der Waals surface area contributed by atoms with Crippen molar-refractivity contribution in [3.63, 3.8) is 0 Å². The van der Waals surface area contributed by atoms with Crippen LogP contribution >= 0.6 is 0 Å². The second-order valence-electron chi connectivity index (χ2n) is 6.06. The zero-order valence-corrected chi connectivity index (χ0v) is 12.6. The Balaban J connectivity index is 2.06. The Kier molecular flexibility index (Phi) is 4.06. The minimum absolute atomic E-state index is 0.133. The smallest absolute Gasteiger partial charge is 0.266 e. The zero-order chi connectivity index (χ0) is 14.8. The number of fused-ring (bicyclic) bond motifs is 1. The normalized spacial score (nSPS) is 24.1. The number of anilines is 1. The molecule has 1 amide bonds. The van der Waals surface area contributed by atoms with Gasteiger partial charge in [0.1, 0.15) is 0 Å². The summed E-state index contributed by atoms with van der Waals surface area (Å²) in [7, 11) is 1.78. The standard InChI is InChI=1S/C17H23N3O/c1-20-14-11-7-6-10-13(14)15(19-16(18)17(20)21)12-8-4-2-3-5-9-12/h6-7,10-12,16H,2-5,8-9,18H2,1H3/t16-/m0/s1. The summed E-state index contributed by atoms with van der Waals surface area (Å²) in [5.74, 6) is 0.296. The summed E-state index contributed by atoms with van der Waals surface area (Å²) in [5, 5.41) is 0. The number of benzodiazepines with no additional fused rings is 1. The van der Waals surface area contributed by atoms with Gasteiger partial charge in [-0.1, -0.05) is 43.9 Å². The molecule has 0 spiro atoms. The van der Waals surface area contributed by atoms with Crippen LogP contribution in [0.25, 0.3) is 0 Å². The van der Waals surface area contributed by atoms with Crippen molar-refractivity contribution in [2.75, 3.05) is 11.9 Å². The number of hydrogen-bond acceptors (Lipinski definition) is 3. The summed E-state index contributed by atoms with van der Waals surface area (Å²) < 4.78 is 0. The number of rotatable bonds is 1. The number of amides is 1. The first-order valence-electron chi connectivity index (χ1n) is 7.88.